The zero-order valence-corrected chi connectivity index (χ0v) is 18.8. The van der Waals surface area contributed by atoms with E-state index in [4.69, 9.17) is 0 Å². The largest absolute Gasteiger partial charge is 0.241 e. The van der Waals surface area contributed by atoms with Crippen LogP contribution in [0.2, 0.25) is 0 Å². The smallest absolute Gasteiger partial charge is 0 e. The molecule has 4 rings (SSSR count). The molecule has 2 radical (unpaired) electrons. The summed E-state index contributed by atoms with van der Waals surface area (Å²) in [6.45, 7) is 0. The first-order valence-electron chi connectivity index (χ1n) is 7.22. The molecular formula is C22H12Y2-4. The Morgan fingerprint density at radius 3 is 1.88 bits per heavy atom. The Labute approximate surface area is 193 Å². The van der Waals surface area contributed by atoms with Gasteiger partial charge in [0.1, 0.15) is 0 Å². The second-order valence-electron chi connectivity index (χ2n) is 5.14. The van der Waals surface area contributed by atoms with Crippen molar-refractivity contribution >= 4 is 10.8 Å². The van der Waals surface area contributed by atoms with Gasteiger partial charge in [0, 0.05) is 65.4 Å². The maximum atomic E-state index is 3.45. The van der Waals surface area contributed by atoms with E-state index in [9.17, 15) is 0 Å². The van der Waals surface area contributed by atoms with Crippen LogP contribution in [0.1, 0.15) is 0 Å². The van der Waals surface area contributed by atoms with Crippen LogP contribution < -0.4 is 0 Å². The van der Waals surface area contributed by atoms with Gasteiger partial charge in [-0.3, -0.25) is 0 Å². The molecule has 2 heteroatoms. The first-order valence-corrected chi connectivity index (χ1v) is 7.22. The molecule has 0 aliphatic heterocycles. The van der Waals surface area contributed by atoms with Crippen LogP contribution in [0.4, 0.5) is 0 Å². The van der Waals surface area contributed by atoms with E-state index in [-0.39, 0.29) is 65.4 Å². The third-order valence-electron chi connectivity index (χ3n) is 3.68. The predicted molar refractivity (Wildman–Crippen MR) is 90.2 cm³/mol. The maximum absolute atomic E-state index is 3.45. The van der Waals surface area contributed by atoms with E-state index in [1.54, 1.807) is 0 Å². The van der Waals surface area contributed by atoms with Gasteiger partial charge in [-0.25, -0.2) is 51.9 Å². The zero-order valence-electron chi connectivity index (χ0n) is 13.1. The van der Waals surface area contributed by atoms with E-state index in [0.717, 1.165) is 33.0 Å². The molecular weight excluding hydrogens is 442 g/mol. The minimum Gasteiger partial charge on any atom is -0.241 e. The van der Waals surface area contributed by atoms with Crippen LogP contribution >= 0.6 is 0 Å². The summed E-state index contributed by atoms with van der Waals surface area (Å²) in [5.41, 5.74) is 4.23. The van der Waals surface area contributed by atoms with Crippen molar-refractivity contribution in [3.63, 3.8) is 0 Å². The van der Waals surface area contributed by atoms with Gasteiger partial charge >= 0.3 is 0 Å². The van der Waals surface area contributed by atoms with E-state index in [2.05, 4.69) is 54.6 Å². The molecule has 4 aromatic rings. The monoisotopic (exact) mass is 454 g/mol. The molecule has 0 fully saturated rings. The Morgan fingerprint density at radius 1 is 0.583 bits per heavy atom. The molecule has 0 saturated heterocycles. The molecule has 110 valence electrons. The standard InChI is InChI=1S/C22H12.2Y/c1-3-7-17(8-4-1)19-11-13-22-16-20(12-14-21(22)15-19)18-9-5-2-6-10-18;;/h1-7,9,11,13-14,16H;;/q-4;;. The van der Waals surface area contributed by atoms with Crippen molar-refractivity contribution in [1.29, 1.82) is 0 Å². The molecule has 0 nitrogen and oxygen atoms in total. The second-order valence-corrected chi connectivity index (χ2v) is 5.14. The van der Waals surface area contributed by atoms with Crippen molar-refractivity contribution in [3.05, 3.63) is 97.1 Å². The molecule has 0 N–H and O–H groups in total. The van der Waals surface area contributed by atoms with E-state index >= 15 is 0 Å². The van der Waals surface area contributed by atoms with Gasteiger partial charge in [-0.15, -0.1) is 18.2 Å². The normalized spacial score (nSPS) is 9.83. The SMILES string of the molecule is [Y].[Y].[c-]1ccccc1-c1[c-]c2c[c-]c(-c3[c-]cccc3)cc2cc1. The van der Waals surface area contributed by atoms with Gasteiger partial charge in [0.2, 0.25) is 0 Å². The van der Waals surface area contributed by atoms with Gasteiger partial charge in [-0.05, 0) is 0 Å². The first kappa shape index (κ1) is 19.7. The van der Waals surface area contributed by atoms with E-state index < -0.39 is 0 Å². The van der Waals surface area contributed by atoms with Gasteiger partial charge in [0.05, 0.1) is 0 Å². The molecule has 0 atom stereocenters. The average molecular weight is 454 g/mol. The fraction of sp³-hybridized carbons (Fsp3) is 0. The Kier molecular flexibility index (Phi) is 7.51. The molecule has 0 aliphatic rings. The summed E-state index contributed by atoms with van der Waals surface area (Å²) in [4.78, 5) is 0. The minimum atomic E-state index is 0. The van der Waals surface area contributed by atoms with Gasteiger partial charge < -0.3 is 0 Å². The number of fused-ring (bicyclic) bond motifs is 1. The molecule has 0 bridgehead atoms. The molecule has 0 aromatic heterocycles. The summed E-state index contributed by atoms with van der Waals surface area (Å²) in [5.74, 6) is 0. The molecule has 0 spiro atoms. The predicted octanol–water partition coefficient (Wildman–Crippen LogP) is 5.37. The van der Waals surface area contributed by atoms with Crippen LogP contribution in [-0.2, 0) is 65.4 Å². The zero-order chi connectivity index (χ0) is 14.8. The number of hydrogen-bond acceptors (Lipinski definition) is 0. The summed E-state index contributed by atoms with van der Waals surface area (Å²) in [6.07, 6.45) is 0. The fourth-order valence-corrected chi connectivity index (χ4v) is 2.55. The number of rotatable bonds is 2. The molecule has 24 heavy (non-hydrogen) atoms. The van der Waals surface area contributed by atoms with Crippen LogP contribution in [0.15, 0.2) is 72.8 Å². The number of benzene rings is 4. The molecule has 0 amide bonds. The summed E-state index contributed by atoms with van der Waals surface area (Å²) in [6, 6.07) is 37.5. The van der Waals surface area contributed by atoms with Crippen molar-refractivity contribution in [1.82, 2.24) is 0 Å². The Hall–Kier alpha value is -0.652. The molecule has 0 heterocycles. The molecule has 0 unspecified atom stereocenters. The Morgan fingerprint density at radius 2 is 1.25 bits per heavy atom. The Bertz CT molecular complexity index is 837. The first-order chi connectivity index (χ1) is 10.9. The fourth-order valence-electron chi connectivity index (χ4n) is 2.55. The Balaban J connectivity index is 0.00000104. The van der Waals surface area contributed by atoms with Crippen molar-refractivity contribution in [2.24, 2.45) is 0 Å². The molecule has 4 aromatic carbocycles. The second kappa shape index (κ2) is 9.16. The van der Waals surface area contributed by atoms with Crippen molar-refractivity contribution < 1.29 is 65.4 Å². The van der Waals surface area contributed by atoms with Crippen molar-refractivity contribution in [2.75, 3.05) is 0 Å². The minimum absolute atomic E-state index is 0. The van der Waals surface area contributed by atoms with Gasteiger partial charge in [-0.2, -0.15) is 60.0 Å². The van der Waals surface area contributed by atoms with Crippen LogP contribution in [0.5, 0.6) is 0 Å². The van der Waals surface area contributed by atoms with E-state index in [1.165, 1.54) is 0 Å². The molecule has 0 aliphatic carbocycles. The van der Waals surface area contributed by atoms with Crippen LogP contribution in [0.25, 0.3) is 33.0 Å². The third-order valence-corrected chi connectivity index (χ3v) is 3.68. The summed E-state index contributed by atoms with van der Waals surface area (Å²) in [7, 11) is 0. The summed E-state index contributed by atoms with van der Waals surface area (Å²) in [5, 5.41) is 2.22. The third kappa shape index (κ3) is 4.30. The van der Waals surface area contributed by atoms with Gasteiger partial charge in [-0.1, -0.05) is 0 Å². The molecule has 0 saturated carbocycles. The van der Waals surface area contributed by atoms with Gasteiger partial charge in [0.15, 0.2) is 0 Å². The summed E-state index contributed by atoms with van der Waals surface area (Å²) >= 11 is 0. The number of hydrogen-bond donors (Lipinski definition) is 0. The summed E-state index contributed by atoms with van der Waals surface area (Å²) < 4.78 is 0. The average Bonchev–Trinajstić information content (AvgIpc) is 2.62. The topological polar surface area (TPSA) is 0 Å². The van der Waals surface area contributed by atoms with Gasteiger partial charge in [0.25, 0.3) is 0 Å². The quantitative estimate of drug-likeness (QED) is 0.358. The van der Waals surface area contributed by atoms with Crippen LogP contribution in [0, 0.1) is 24.3 Å². The van der Waals surface area contributed by atoms with Crippen LogP contribution in [-0.4, -0.2) is 0 Å². The van der Waals surface area contributed by atoms with Crippen molar-refractivity contribution in [2.45, 2.75) is 0 Å². The van der Waals surface area contributed by atoms with Crippen molar-refractivity contribution in [3.8, 4) is 22.3 Å². The van der Waals surface area contributed by atoms with E-state index in [0.29, 0.717) is 0 Å². The van der Waals surface area contributed by atoms with E-state index in [1.807, 2.05) is 42.5 Å². The maximum Gasteiger partial charge on any atom is 0 e. The van der Waals surface area contributed by atoms with Crippen LogP contribution in [0.3, 0.4) is 0 Å².